The van der Waals surface area contributed by atoms with Crippen molar-refractivity contribution in [3.8, 4) is 0 Å². The van der Waals surface area contributed by atoms with E-state index in [1.54, 1.807) is 30.3 Å². The Hall–Kier alpha value is -2.43. The third kappa shape index (κ3) is 5.78. The van der Waals surface area contributed by atoms with Crippen LogP contribution in [0.5, 0.6) is 0 Å². The molecule has 0 radical (unpaired) electrons. The van der Waals surface area contributed by atoms with E-state index in [2.05, 4.69) is 15.5 Å². The van der Waals surface area contributed by atoms with Crippen molar-refractivity contribution in [2.75, 3.05) is 22.4 Å². The van der Waals surface area contributed by atoms with Gasteiger partial charge in [0, 0.05) is 5.75 Å². The van der Waals surface area contributed by atoms with Crippen molar-refractivity contribution in [3.63, 3.8) is 0 Å². The Morgan fingerprint density at radius 3 is 2.36 bits per heavy atom. The number of carbonyl (C=O) groups is 1. The van der Waals surface area contributed by atoms with Crippen molar-refractivity contribution in [2.45, 2.75) is 10.1 Å². The molecule has 1 heterocycles. The SMILES string of the molecule is CS(=O)(=O)N(CC(=O)Nc1nnc(SCc2ccccc2)s1)c1ccccc1. The average molecular weight is 435 g/mol. The molecule has 3 rings (SSSR count). The second-order valence-corrected chi connectivity index (χ2v) is 9.91. The van der Waals surface area contributed by atoms with E-state index >= 15 is 0 Å². The molecular formula is C18H18N4O3S3. The maximum Gasteiger partial charge on any atom is 0.246 e. The number of amides is 1. The summed E-state index contributed by atoms with van der Waals surface area (Å²) in [6, 6.07) is 18.4. The van der Waals surface area contributed by atoms with Crippen LogP contribution in [0, 0.1) is 0 Å². The van der Waals surface area contributed by atoms with Crippen molar-refractivity contribution in [3.05, 3.63) is 66.2 Å². The van der Waals surface area contributed by atoms with Crippen molar-refractivity contribution < 1.29 is 13.2 Å². The fourth-order valence-corrected chi connectivity index (χ4v) is 4.90. The first-order valence-electron chi connectivity index (χ1n) is 8.24. The first kappa shape index (κ1) is 20.3. The summed E-state index contributed by atoms with van der Waals surface area (Å²) in [5, 5.41) is 11.0. The summed E-state index contributed by atoms with van der Waals surface area (Å²) in [4.78, 5) is 12.3. The number of hydrogen-bond acceptors (Lipinski definition) is 7. The van der Waals surface area contributed by atoms with E-state index in [0.29, 0.717) is 10.8 Å². The van der Waals surface area contributed by atoms with Crippen LogP contribution in [0.4, 0.5) is 10.8 Å². The van der Waals surface area contributed by atoms with Gasteiger partial charge in [-0.3, -0.25) is 14.4 Å². The van der Waals surface area contributed by atoms with Crippen molar-refractivity contribution in [2.24, 2.45) is 0 Å². The van der Waals surface area contributed by atoms with Gasteiger partial charge in [0.05, 0.1) is 11.9 Å². The van der Waals surface area contributed by atoms with E-state index in [9.17, 15) is 13.2 Å². The second kappa shape index (κ2) is 9.18. The molecule has 0 unspecified atom stereocenters. The Morgan fingerprint density at radius 2 is 1.71 bits per heavy atom. The zero-order chi connectivity index (χ0) is 20.0. The number of thioether (sulfide) groups is 1. The van der Waals surface area contributed by atoms with Crippen LogP contribution in [0.25, 0.3) is 0 Å². The van der Waals surface area contributed by atoms with Crippen molar-refractivity contribution in [1.82, 2.24) is 10.2 Å². The van der Waals surface area contributed by atoms with E-state index in [-0.39, 0.29) is 6.54 Å². The smallest absolute Gasteiger partial charge is 0.246 e. The fourth-order valence-electron chi connectivity index (χ4n) is 2.32. The van der Waals surface area contributed by atoms with Crippen LogP contribution in [0.2, 0.25) is 0 Å². The number of rotatable bonds is 8. The van der Waals surface area contributed by atoms with Gasteiger partial charge in [-0.1, -0.05) is 71.6 Å². The predicted molar refractivity (Wildman–Crippen MR) is 113 cm³/mol. The summed E-state index contributed by atoms with van der Waals surface area (Å²) in [6.07, 6.45) is 1.07. The maximum atomic E-state index is 12.3. The van der Waals surface area contributed by atoms with Crippen LogP contribution < -0.4 is 9.62 Å². The molecule has 0 bridgehead atoms. The van der Waals surface area contributed by atoms with Gasteiger partial charge in [-0.25, -0.2) is 8.42 Å². The first-order chi connectivity index (χ1) is 13.4. The molecule has 10 heteroatoms. The number of para-hydroxylation sites is 1. The highest BCUT2D eigenvalue weighted by molar-refractivity contribution is 8.00. The van der Waals surface area contributed by atoms with Gasteiger partial charge in [-0.05, 0) is 17.7 Å². The number of nitrogens with one attached hydrogen (secondary N) is 1. The van der Waals surface area contributed by atoms with E-state index < -0.39 is 15.9 Å². The molecule has 3 aromatic rings. The summed E-state index contributed by atoms with van der Waals surface area (Å²) in [6.45, 7) is -0.338. The van der Waals surface area contributed by atoms with Gasteiger partial charge < -0.3 is 0 Å². The molecule has 0 spiro atoms. The highest BCUT2D eigenvalue weighted by Crippen LogP contribution is 2.28. The largest absolute Gasteiger partial charge is 0.299 e. The van der Waals surface area contributed by atoms with Crippen LogP contribution in [-0.4, -0.2) is 37.3 Å². The lowest BCUT2D eigenvalue weighted by atomic mass is 10.2. The highest BCUT2D eigenvalue weighted by Gasteiger charge is 2.21. The second-order valence-electron chi connectivity index (χ2n) is 5.80. The quantitative estimate of drug-likeness (QED) is 0.432. The summed E-state index contributed by atoms with van der Waals surface area (Å²) >= 11 is 2.78. The fraction of sp³-hybridized carbons (Fsp3) is 0.167. The van der Waals surface area contributed by atoms with Gasteiger partial charge in [0.1, 0.15) is 6.54 Å². The third-order valence-electron chi connectivity index (χ3n) is 3.59. The van der Waals surface area contributed by atoms with Crippen LogP contribution in [-0.2, 0) is 20.6 Å². The molecular weight excluding hydrogens is 416 g/mol. The van der Waals surface area contributed by atoms with Gasteiger partial charge in [-0.15, -0.1) is 10.2 Å². The molecule has 0 saturated heterocycles. The zero-order valence-electron chi connectivity index (χ0n) is 15.0. The molecule has 0 atom stereocenters. The molecule has 146 valence electrons. The van der Waals surface area contributed by atoms with Gasteiger partial charge in [0.25, 0.3) is 0 Å². The lowest BCUT2D eigenvalue weighted by Crippen LogP contribution is -2.37. The summed E-state index contributed by atoms with van der Waals surface area (Å²) in [5.41, 5.74) is 1.59. The minimum absolute atomic E-state index is 0.335. The van der Waals surface area contributed by atoms with Crippen LogP contribution in [0.1, 0.15) is 5.56 Å². The monoisotopic (exact) mass is 434 g/mol. The van der Waals surface area contributed by atoms with Crippen molar-refractivity contribution in [1.29, 1.82) is 0 Å². The Kier molecular flexibility index (Phi) is 6.65. The molecule has 7 nitrogen and oxygen atoms in total. The molecule has 28 heavy (non-hydrogen) atoms. The van der Waals surface area contributed by atoms with E-state index in [0.717, 1.165) is 20.7 Å². The zero-order valence-corrected chi connectivity index (χ0v) is 17.4. The Labute approximate surface area is 171 Å². The first-order valence-corrected chi connectivity index (χ1v) is 11.9. The predicted octanol–water partition coefficient (Wildman–Crippen LogP) is 3.24. The van der Waals surface area contributed by atoms with Gasteiger partial charge in [-0.2, -0.15) is 0 Å². The Balaban J connectivity index is 1.60. The summed E-state index contributed by atoms with van der Waals surface area (Å²) < 4.78 is 25.9. The normalized spacial score (nSPS) is 11.2. The number of anilines is 2. The lowest BCUT2D eigenvalue weighted by molar-refractivity contribution is -0.114. The molecule has 0 saturated carbocycles. The van der Waals surface area contributed by atoms with Gasteiger partial charge in [0.15, 0.2) is 4.34 Å². The van der Waals surface area contributed by atoms with Gasteiger partial charge >= 0.3 is 0 Å². The number of nitrogens with zero attached hydrogens (tertiary/aromatic N) is 3. The highest BCUT2D eigenvalue weighted by atomic mass is 32.2. The lowest BCUT2D eigenvalue weighted by Gasteiger charge is -2.21. The topological polar surface area (TPSA) is 92.3 Å². The molecule has 0 fully saturated rings. The van der Waals surface area contributed by atoms with Crippen LogP contribution >= 0.6 is 23.1 Å². The number of carbonyl (C=O) groups excluding carboxylic acids is 1. The third-order valence-corrected chi connectivity index (χ3v) is 6.77. The van der Waals surface area contributed by atoms with Crippen molar-refractivity contribution >= 4 is 49.8 Å². The standard InChI is InChI=1S/C18H18N4O3S3/c1-28(24,25)22(15-10-6-3-7-11-15)12-16(23)19-17-20-21-18(27-17)26-13-14-8-4-2-5-9-14/h2-11H,12-13H2,1H3,(H,19,20,23). The molecule has 1 N–H and O–H groups in total. The number of aromatic nitrogens is 2. The molecule has 0 aliphatic carbocycles. The van der Waals surface area contributed by atoms with Gasteiger partial charge in [0.2, 0.25) is 21.1 Å². The molecule has 1 amide bonds. The Bertz CT molecular complexity index is 1020. The molecule has 0 aliphatic heterocycles. The maximum absolute atomic E-state index is 12.3. The van der Waals surface area contributed by atoms with E-state index in [1.807, 2.05) is 30.3 Å². The molecule has 2 aromatic carbocycles. The number of hydrogen-bond donors (Lipinski definition) is 1. The molecule has 1 aromatic heterocycles. The minimum atomic E-state index is -3.60. The number of sulfonamides is 1. The van der Waals surface area contributed by atoms with E-state index in [1.165, 1.54) is 28.7 Å². The Morgan fingerprint density at radius 1 is 1.07 bits per heavy atom. The van der Waals surface area contributed by atoms with Crippen LogP contribution in [0.3, 0.4) is 0 Å². The average Bonchev–Trinajstić information content (AvgIpc) is 3.12. The molecule has 0 aliphatic rings. The number of benzene rings is 2. The summed E-state index contributed by atoms with van der Waals surface area (Å²) in [7, 11) is -3.60. The minimum Gasteiger partial charge on any atom is -0.299 e. The van der Waals surface area contributed by atoms with Crippen LogP contribution in [0.15, 0.2) is 65.0 Å². The summed E-state index contributed by atoms with van der Waals surface area (Å²) in [5.74, 6) is 0.268. The van der Waals surface area contributed by atoms with E-state index in [4.69, 9.17) is 0 Å².